The fourth-order valence-electron chi connectivity index (χ4n) is 3.59. The Kier molecular flexibility index (Phi) is 5.47. The van der Waals surface area contributed by atoms with Crippen LogP contribution in [-0.2, 0) is 11.3 Å². The normalized spacial score (nSPS) is 21.4. The first-order valence-corrected chi connectivity index (χ1v) is 9.31. The molecule has 2 aliphatic rings. The first-order chi connectivity index (χ1) is 12.1. The van der Waals surface area contributed by atoms with Crippen LogP contribution >= 0.6 is 0 Å². The van der Waals surface area contributed by atoms with E-state index in [4.69, 9.17) is 4.74 Å². The van der Waals surface area contributed by atoms with Crippen molar-refractivity contribution in [2.75, 3.05) is 6.61 Å². The van der Waals surface area contributed by atoms with Crippen LogP contribution in [0.1, 0.15) is 57.1 Å². The summed E-state index contributed by atoms with van der Waals surface area (Å²) in [6, 6.07) is 6.05. The second-order valence-corrected chi connectivity index (χ2v) is 6.81. The first-order valence-electron chi connectivity index (χ1n) is 9.31. The molecule has 0 bridgehead atoms. The van der Waals surface area contributed by atoms with Gasteiger partial charge in [-0.3, -0.25) is 4.79 Å². The maximum absolute atomic E-state index is 12.5. The van der Waals surface area contributed by atoms with E-state index in [9.17, 15) is 4.79 Å². The summed E-state index contributed by atoms with van der Waals surface area (Å²) < 4.78 is 5.86. The molecule has 3 rings (SSSR count). The summed E-state index contributed by atoms with van der Waals surface area (Å²) in [6.45, 7) is 9.87. The molecule has 2 heterocycles. The Morgan fingerprint density at radius 2 is 2.24 bits per heavy atom. The fraction of sp³-hybridized carbons (Fsp3) is 0.476. The van der Waals surface area contributed by atoms with Gasteiger partial charge in [-0.15, -0.1) is 0 Å². The molecule has 1 amide bonds. The highest BCUT2D eigenvalue weighted by Gasteiger charge is 2.35. The molecule has 25 heavy (non-hydrogen) atoms. The van der Waals surface area contributed by atoms with Crippen molar-refractivity contribution in [3.8, 4) is 5.75 Å². The van der Waals surface area contributed by atoms with Gasteiger partial charge in [0.15, 0.2) is 0 Å². The average molecular weight is 340 g/mol. The Hall–Kier alpha value is -2.23. The molecule has 0 aromatic heterocycles. The number of rotatable bonds is 6. The highest BCUT2D eigenvalue weighted by molar-refractivity contribution is 5.87. The second-order valence-electron chi connectivity index (χ2n) is 6.81. The molecule has 1 aromatic rings. The lowest BCUT2D eigenvalue weighted by atomic mass is 10.0. The van der Waals surface area contributed by atoms with Crippen molar-refractivity contribution in [1.29, 1.82) is 0 Å². The number of carbonyl (C=O) groups excluding carboxylic acids is 1. The van der Waals surface area contributed by atoms with Gasteiger partial charge in [-0.05, 0) is 49.9 Å². The van der Waals surface area contributed by atoms with Gasteiger partial charge in [0, 0.05) is 23.5 Å². The van der Waals surface area contributed by atoms with Crippen LogP contribution < -0.4 is 10.1 Å². The van der Waals surface area contributed by atoms with E-state index in [2.05, 4.69) is 35.9 Å². The molecule has 4 heteroatoms. The number of nitrogens with zero attached hydrogens (tertiary/aromatic N) is 1. The van der Waals surface area contributed by atoms with Crippen LogP contribution in [0.25, 0.3) is 5.70 Å². The maximum Gasteiger partial charge on any atom is 0.246 e. The Morgan fingerprint density at radius 3 is 2.96 bits per heavy atom. The minimum atomic E-state index is -0.141. The maximum atomic E-state index is 12.5. The SMILES string of the molecule is C=C1c2ccc(OCCCCC)cc2CN1C1CCC(=CC)NC1=O. The summed E-state index contributed by atoms with van der Waals surface area (Å²) in [5, 5.41) is 3.01. The lowest BCUT2D eigenvalue weighted by molar-refractivity contribution is -0.125. The van der Waals surface area contributed by atoms with Crippen LogP contribution in [0.3, 0.4) is 0 Å². The third-order valence-electron chi connectivity index (χ3n) is 5.09. The summed E-state index contributed by atoms with van der Waals surface area (Å²) in [6.07, 6.45) is 7.19. The molecular weight excluding hydrogens is 312 g/mol. The zero-order valence-corrected chi connectivity index (χ0v) is 15.3. The number of ether oxygens (including phenoxy) is 1. The van der Waals surface area contributed by atoms with E-state index in [0.717, 1.165) is 55.1 Å². The van der Waals surface area contributed by atoms with E-state index in [1.165, 1.54) is 18.4 Å². The van der Waals surface area contributed by atoms with Crippen molar-refractivity contribution in [1.82, 2.24) is 10.2 Å². The number of unbranched alkanes of at least 4 members (excludes halogenated alkanes) is 2. The van der Waals surface area contributed by atoms with Gasteiger partial charge in [0.2, 0.25) is 5.91 Å². The van der Waals surface area contributed by atoms with E-state index in [-0.39, 0.29) is 11.9 Å². The van der Waals surface area contributed by atoms with Crippen LogP contribution in [0.4, 0.5) is 0 Å². The van der Waals surface area contributed by atoms with Crippen molar-refractivity contribution >= 4 is 11.6 Å². The number of hydrogen-bond acceptors (Lipinski definition) is 3. The number of hydrogen-bond donors (Lipinski definition) is 1. The number of amides is 1. The highest BCUT2D eigenvalue weighted by atomic mass is 16.5. The molecule has 0 aliphatic carbocycles. The average Bonchev–Trinajstić information content (AvgIpc) is 2.94. The highest BCUT2D eigenvalue weighted by Crippen LogP contribution is 2.37. The van der Waals surface area contributed by atoms with Gasteiger partial charge in [-0.1, -0.05) is 32.4 Å². The largest absolute Gasteiger partial charge is 0.494 e. The molecule has 1 fully saturated rings. The van der Waals surface area contributed by atoms with Crippen molar-refractivity contribution in [2.24, 2.45) is 0 Å². The molecular formula is C21H28N2O2. The Balaban J connectivity index is 1.67. The molecule has 1 unspecified atom stereocenters. The lowest BCUT2D eigenvalue weighted by Gasteiger charge is -2.33. The van der Waals surface area contributed by atoms with E-state index < -0.39 is 0 Å². The number of nitrogens with one attached hydrogen (secondary N) is 1. The van der Waals surface area contributed by atoms with E-state index in [1.807, 2.05) is 19.1 Å². The first kappa shape index (κ1) is 17.6. The van der Waals surface area contributed by atoms with Crippen LogP contribution in [0.15, 0.2) is 36.6 Å². The van der Waals surface area contributed by atoms with Crippen molar-refractivity contribution in [3.05, 3.63) is 47.7 Å². The Labute approximate surface area is 150 Å². The van der Waals surface area contributed by atoms with Gasteiger partial charge in [-0.2, -0.15) is 0 Å². The van der Waals surface area contributed by atoms with Gasteiger partial charge in [0.1, 0.15) is 11.8 Å². The second kappa shape index (κ2) is 7.77. The molecule has 0 saturated carbocycles. The molecule has 134 valence electrons. The third-order valence-corrected chi connectivity index (χ3v) is 5.09. The summed E-state index contributed by atoms with van der Waals surface area (Å²) in [5.41, 5.74) is 4.29. The Morgan fingerprint density at radius 1 is 1.40 bits per heavy atom. The van der Waals surface area contributed by atoms with Crippen LogP contribution in [0.5, 0.6) is 5.75 Å². The summed E-state index contributed by atoms with van der Waals surface area (Å²) in [5.74, 6) is 0.984. The standard InChI is InChI=1S/C21H28N2O2/c1-4-6-7-12-25-18-9-10-19-15(3)23(14-16(19)13-18)20-11-8-17(5-2)22-21(20)24/h5,9-10,13,20H,3-4,6-8,11-12,14H2,1-2H3,(H,22,24). The molecule has 1 saturated heterocycles. The van der Waals surface area contributed by atoms with Crippen molar-refractivity contribution in [3.63, 3.8) is 0 Å². The zero-order chi connectivity index (χ0) is 17.8. The predicted octanol–water partition coefficient (Wildman–Crippen LogP) is 4.22. The van der Waals surface area contributed by atoms with Gasteiger partial charge in [0.25, 0.3) is 0 Å². The topological polar surface area (TPSA) is 41.6 Å². The monoisotopic (exact) mass is 340 g/mol. The van der Waals surface area contributed by atoms with Crippen LogP contribution in [0, 0.1) is 0 Å². The minimum absolute atomic E-state index is 0.0735. The van der Waals surface area contributed by atoms with E-state index >= 15 is 0 Å². The quantitative estimate of drug-likeness (QED) is 0.788. The van der Waals surface area contributed by atoms with Crippen molar-refractivity contribution in [2.45, 2.75) is 58.5 Å². The van der Waals surface area contributed by atoms with Crippen LogP contribution in [-0.4, -0.2) is 23.5 Å². The van der Waals surface area contributed by atoms with Crippen molar-refractivity contribution < 1.29 is 9.53 Å². The smallest absolute Gasteiger partial charge is 0.246 e. The molecule has 0 radical (unpaired) electrons. The Bertz CT molecular complexity index is 693. The van der Waals surface area contributed by atoms with Gasteiger partial charge in [0.05, 0.1) is 6.61 Å². The van der Waals surface area contributed by atoms with E-state index in [1.54, 1.807) is 0 Å². The number of piperidine rings is 1. The molecule has 2 aliphatic heterocycles. The number of fused-ring (bicyclic) bond motifs is 1. The number of benzene rings is 1. The van der Waals surface area contributed by atoms with Crippen LogP contribution in [0.2, 0.25) is 0 Å². The fourth-order valence-corrected chi connectivity index (χ4v) is 3.59. The van der Waals surface area contributed by atoms with E-state index in [0.29, 0.717) is 0 Å². The summed E-state index contributed by atoms with van der Waals surface area (Å²) >= 11 is 0. The molecule has 0 spiro atoms. The zero-order valence-electron chi connectivity index (χ0n) is 15.3. The van der Waals surface area contributed by atoms with Gasteiger partial charge >= 0.3 is 0 Å². The predicted molar refractivity (Wildman–Crippen MR) is 101 cm³/mol. The third kappa shape index (κ3) is 3.73. The summed E-state index contributed by atoms with van der Waals surface area (Å²) in [7, 11) is 0. The minimum Gasteiger partial charge on any atom is -0.494 e. The molecule has 4 nitrogen and oxygen atoms in total. The van der Waals surface area contributed by atoms with Gasteiger partial charge in [-0.25, -0.2) is 0 Å². The molecule has 1 aromatic carbocycles. The lowest BCUT2D eigenvalue weighted by Crippen LogP contribution is -2.47. The molecule has 1 N–H and O–H groups in total. The number of allylic oxidation sites excluding steroid dienone is 2. The molecule has 1 atom stereocenters. The summed E-state index contributed by atoms with van der Waals surface area (Å²) in [4.78, 5) is 14.6. The number of carbonyl (C=O) groups is 1. The van der Waals surface area contributed by atoms with Gasteiger partial charge < -0.3 is 15.0 Å².